The molecule has 1 aromatic heterocycles. The van der Waals surface area contributed by atoms with Gasteiger partial charge in [-0.3, -0.25) is 0 Å². The van der Waals surface area contributed by atoms with E-state index in [4.69, 9.17) is 10.5 Å². The number of esters is 1. The van der Waals surface area contributed by atoms with Gasteiger partial charge in [0.25, 0.3) is 0 Å². The molecule has 0 atom stereocenters. The van der Waals surface area contributed by atoms with Crippen molar-refractivity contribution in [3.05, 3.63) is 23.8 Å². The predicted molar refractivity (Wildman–Crippen MR) is 85.2 cm³/mol. The normalized spacial score (nSPS) is 10.4. The average Bonchev–Trinajstić information content (AvgIpc) is 2.90. The lowest BCUT2D eigenvalue weighted by Crippen LogP contribution is -2.08. The topological polar surface area (TPSA) is 81.3 Å². The Labute approximate surface area is 131 Å². The second kappa shape index (κ2) is 6.77. The zero-order valence-corrected chi connectivity index (χ0v) is 13.6. The largest absolute Gasteiger partial charge is 0.462 e. The van der Waals surface area contributed by atoms with Gasteiger partial charge in [0.05, 0.1) is 17.9 Å². The van der Waals surface area contributed by atoms with E-state index in [1.54, 1.807) is 19.1 Å². The van der Waals surface area contributed by atoms with Crippen LogP contribution in [0.2, 0.25) is 0 Å². The van der Waals surface area contributed by atoms with Gasteiger partial charge in [-0.15, -0.1) is 10.2 Å². The van der Waals surface area contributed by atoms with Crippen LogP contribution in [-0.4, -0.2) is 36.9 Å². The number of nitrogen functional groups attached to an aromatic ring is 1. The second-order valence-corrected chi connectivity index (χ2v) is 6.53. The fraction of sp³-hybridized carbons (Fsp3) is 0.308. The number of benzene rings is 1. The summed E-state index contributed by atoms with van der Waals surface area (Å²) in [5.74, 6) is -0.413. The van der Waals surface area contributed by atoms with E-state index < -0.39 is 5.97 Å². The number of hydrogen-bond acceptors (Lipinski definition) is 8. The highest BCUT2D eigenvalue weighted by Crippen LogP contribution is 2.36. The van der Waals surface area contributed by atoms with Crippen LogP contribution < -0.4 is 10.6 Å². The van der Waals surface area contributed by atoms with Crippen LogP contribution in [0.1, 0.15) is 17.3 Å². The molecular formula is C13H16N4O2S2. The van der Waals surface area contributed by atoms with Gasteiger partial charge >= 0.3 is 5.97 Å². The molecule has 0 amide bonds. The molecule has 0 aliphatic heterocycles. The number of hydrogen-bond donors (Lipinski definition) is 1. The summed E-state index contributed by atoms with van der Waals surface area (Å²) in [6.07, 6.45) is 0. The van der Waals surface area contributed by atoms with Crippen molar-refractivity contribution in [2.24, 2.45) is 0 Å². The molecule has 0 saturated heterocycles. The summed E-state index contributed by atoms with van der Waals surface area (Å²) in [6.45, 7) is 2.08. The summed E-state index contributed by atoms with van der Waals surface area (Å²) in [7, 11) is 3.81. The van der Waals surface area contributed by atoms with Crippen molar-refractivity contribution in [1.29, 1.82) is 0 Å². The molecule has 0 aliphatic rings. The van der Waals surface area contributed by atoms with Gasteiger partial charge in [-0.1, -0.05) is 29.2 Å². The van der Waals surface area contributed by atoms with Gasteiger partial charge in [-0.2, -0.15) is 0 Å². The summed E-state index contributed by atoms with van der Waals surface area (Å²) in [5.41, 5.74) is 6.83. The highest BCUT2D eigenvalue weighted by molar-refractivity contribution is 8.01. The number of ether oxygens (including phenoxy) is 1. The number of carbonyl (C=O) groups is 1. The van der Waals surface area contributed by atoms with E-state index >= 15 is 0 Å². The van der Waals surface area contributed by atoms with Crippen molar-refractivity contribution in [2.75, 3.05) is 31.3 Å². The van der Waals surface area contributed by atoms with Gasteiger partial charge in [-0.25, -0.2) is 4.79 Å². The van der Waals surface area contributed by atoms with Crippen molar-refractivity contribution in [2.45, 2.75) is 16.2 Å². The molecule has 0 aliphatic carbocycles. The van der Waals surface area contributed by atoms with Gasteiger partial charge < -0.3 is 15.4 Å². The third kappa shape index (κ3) is 3.64. The quantitative estimate of drug-likeness (QED) is 0.668. The Morgan fingerprint density at radius 3 is 2.81 bits per heavy atom. The number of nitrogens with two attached hydrogens (primary N) is 1. The van der Waals surface area contributed by atoms with Crippen LogP contribution in [0.3, 0.4) is 0 Å². The Morgan fingerprint density at radius 2 is 2.19 bits per heavy atom. The molecule has 0 radical (unpaired) electrons. The third-order valence-corrected chi connectivity index (χ3v) is 4.75. The molecule has 0 bridgehead atoms. The maximum Gasteiger partial charge on any atom is 0.340 e. The summed E-state index contributed by atoms with van der Waals surface area (Å²) in [6, 6.07) is 5.28. The molecule has 0 unspecified atom stereocenters. The second-order valence-electron chi connectivity index (χ2n) is 4.28. The van der Waals surface area contributed by atoms with Crippen molar-refractivity contribution in [1.82, 2.24) is 10.2 Å². The minimum absolute atomic E-state index is 0.318. The van der Waals surface area contributed by atoms with Crippen LogP contribution in [0.4, 0.5) is 10.8 Å². The highest BCUT2D eigenvalue weighted by Gasteiger charge is 2.15. The van der Waals surface area contributed by atoms with E-state index in [0.29, 0.717) is 17.9 Å². The standard InChI is InChI=1S/C13H16N4O2S2/c1-4-19-11(18)8-6-5-7-9(10(8)14)20-13-16-15-12(21-13)17(2)3/h5-7H,4,14H2,1-3H3. The third-order valence-electron chi connectivity index (χ3n) is 2.54. The summed E-state index contributed by atoms with van der Waals surface area (Å²) < 4.78 is 5.76. The lowest BCUT2D eigenvalue weighted by Gasteiger charge is -2.08. The maximum absolute atomic E-state index is 11.8. The molecule has 0 spiro atoms. The first-order chi connectivity index (χ1) is 10.0. The number of rotatable bonds is 5. The van der Waals surface area contributed by atoms with Crippen molar-refractivity contribution in [3.63, 3.8) is 0 Å². The van der Waals surface area contributed by atoms with E-state index in [1.165, 1.54) is 23.1 Å². The highest BCUT2D eigenvalue weighted by atomic mass is 32.2. The zero-order valence-electron chi connectivity index (χ0n) is 12.0. The molecule has 0 fully saturated rings. The van der Waals surface area contributed by atoms with Gasteiger partial charge in [0.2, 0.25) is 5.13 Å². The molecule has 2 N–H and O–H groups in total. The molecule has 2 aromatic rings. The van der Waals surface area contributed by atoms with Crippen LogP contribution in [0.5, 0.6) is 0 Å². The lowest BCUT2D eigenvalue weighted by molar-refractivity contribution is 0.0527. The molecule has 6 nitrogen and oxygen atoms in total. The molecule has 8 heteroatoms. The summed E-state index contributed by atoms with van der Waals surface area (Å²) >= 11 is 2.85. The Bertz CT molecular complexity index is 643. The van der Waals surface area contributed by atoms with Crippen molar-refractivity contribution < 1.29 is 9.53 Å². The van der Waals surface area contributed by atoms with Crippen LogP contribution in [0.15, 0.2) is 27.4 Å². The number of para-hydroxylation sites is 1. The fourth-order valence-corrected chi connectivity index (χ4v) is 3.34. The van der Waals surface area contributed by atoms with Crippen LogP contribution in [0.25, 0.3) is 0 Å². The number of nitrogens with zero attached hydrogens (tertiary/aromatic N) is 3. The number of aromatic nitrogens is 2. The van der Waals surface area contributed by atoms with Gasteiger partial charge in [-0.05, 0) is 19.1 Å². The summed E-state index contributed by atoms with van der Waals surface area (Å²) in [5, 5.41) is 8.99. The molecule has 0 saturated carbocycles. The van der Waals surface area contributed by atoms with Crippen LogP contribution in [0, 0.1) is 0 Å². The zero-order chi connectivity index (χ0) is 15.4. The Morgan fingerprint density at radius 1 is 1.43 bits per heavy atom. The number of carbonyl (C=O) groups excluding carboxylic acids is 1. The number of anilines is 2. The fourth-order valence-electron chi connectivity index (χ4n) is 1.54. The predicted octanol–water partition coefficient (Wildman–Crippen LogP) is 2.51. The van der Waals surface area contributed by atoms with E-state index in [1.807, 2.05) is 25.1 Å². The molecule has 1 heterocycles. The summed E-state index contributed by atoms with van der Waals surface area (Å²) in [4.78, 5) is 14.5. The van der Waals surface area contributed by atoms with E-state index in [9.17, 15) is 4.79 Å². The van der Waals surface area contributed by atoms with Crippen LogP contribution in [-0.2, 0) is 4.74 Å². The van der Waals surface area contributed by atoms with Crippen LogP contribution >= 0.6 is 23.1 Å². The Hall–Kier alpha value is -1.80. The smallest absolute Gasteiger partial charge is 0.340 e. The van der Waals surface area contributed by atoms with E-state index in [2.05, 4.69) is 10.2 Å². The lowest BCUT2D eigenvalue weighted by atomic mass is 10.2. The monoisotopic (exact) mass is 324 g/mol. The Kier molecular flexibility index (Phi) is 5.03. The SMILES string of the molecule is CCOC(=O)c1cccc(Sc2nnc(N(C)C)s2)c1N. The van der Waals surface area contributed by atoms with Crippen molar-refractivity contribution >= 4 is 39.9 Å². The first-order valence-corrected chi connectivity index (χ1v) is 7.90. The molecule has 112 valence electrons. The maximum atomic E-state index is 11.8. The molecular weight excluding hydrogens is 308 g/mol. The van der Waals surface area contributed by atoms with E-state index in [-0.39, 0.29) is 0 Å². The Balaban J connectivity index is 2.23. The first kappa shape index (κ1) is 15.6. The average molecular weight is 324 g/mol. The van der Waals surface area contributed by atoms with Gasteiger partial charge in [0.15, 0.2) is 4.34 Å². The molecule has 1 aromatic carbocycles. The minimum atomic E-state index is -0.413. The molecule has 21 heavy (non-hydrogen) atoms. The van der Waals surface area contributed by atoms with E-state index in [0.717, 1.165) is 14.4 Å². The minimum Gasteiger partial charge on any atom is -0.462 e. The van der Waals surface area contributed by atoms with Gasteiger partial charge in [0.1, 0.15) is 0 Å². The molecule has 2 rings (SSSR count). The van der Waals surface area contributed by atoms with Crippen molar-refractivity contribution in [3.8, 4) is 0 Å². The first-order valence-electron chi connectivity index (χ1n) is 6.27. The van der Waals surface area contributed by atoms with Gasteiger partial charge in [0, 0.05) is 19.0 Å².